The minimum absolute atomic E-state index is 0.428. The second kappa shape index (κ2) is 5.93. The van der Waals surface area contributed by atoms with Gasteiger partial charge in [-0.2, -0.15) is 5.10 Å². The topological polar surface area (TPSA) is 42.7 Å². The fraction of sp³-hybridized carbons (Fsp3) is 0.500. The summed E-state index contributed by atoms with van der Waals surface area (Å²) in [5, 5.41) is 7.82. The van der Waals surface area contributed by atoms with Crippen molar-refractivity contribution in [2.45, 2.75) is 33.0 Å². The molecule has 1 N–H and O–H groups in total. The minimum atomic E-state index is 0.428. The van der Waals surface area contributed by atoms with Crippen molar-refractivity contribution in [3.63, 3.8) is 0 Å². The Labute approximate surface area is 106 Å². The highest BCUT2D eigenvalue weighted by Crippen LogP contribution is 2.09. The predicted molar refractivity (Wildman–Crippen MR) is 69.8 cm³/mol. The lowest BCUT2D eigenvalue weighted by Gasteiger charge is -2.22. The van der Waals surface area contributed by atoms with E-state index in [-0.39, 0.29) is 0 Å². The molecule has 0 aliphatic carbocycles. The highest BCUT2D eigenvalue weighted by atomic mass is 32.1. The lowest BCUT2D eigenvalue weighted by atomic mass is 10.0. The average molecular weight is 250 g/mol. The van der Waals surface area contributed by atoms with Crippen molar-refractivity contribution in [1.82, 2.24) is 20.1 Å². The zero-order chi connectivity index (χ0) is 12.1. The van der Waals surface area contributed by atoms with E-state index in [1.54, 1.807) is 11.3 Å². The van der Waals surface area contributed by atoms with Crippen molar-refractivity contribution < 1.29 is 0 Å². The van der Waals surface area contributed by atoms with E-state index in [2.05, 4.69) is 29.2 Å². The van der Waals surface area contributed by atoms with Crippen LogP contribution in [0, 0.1) is 5.92 Å². The Hall–Kier alpha value is -1.20. The third-order valence-electron chi connectivity index (χ3n) is 2.77. The first-order chi connectivity index (χ1) is 8.25. The van der Waals surface area contributed by atoms with Gasteiger partial charge in [0.2, 0.25) is 0 Å². The Kier molecular flexibility index (Phi) is 4.28. The normalized spacial score (nSPS) is 13.1. The average Bonchev–Trinajstić information content (AvgIpc) is 2.97. The molecular weight excluding hydrogens is 232 g/mol. The van der Waals surface area contributed by atoms with E-state index in [1.807, 2.05) is 34.8 Å². The molecule has 0 aliphatic heterocycles. The zero-order valence-corrected chi connectivity index (χ0v) is 11.0. The molecular formula is C12H18N4S. The summed E-state index contributed by atoms with van der Waals surface area (Å²) in [6.45, 7) is 6.25. The highest BCUT2D eigenvalue weighted by molar-refractivity contribution is 7.09. The maximum atomic E-state index is 4.25. The van der Waals surface area contributed by atoms with E-state index in [0.717, 1.165) is 13.1 Å². The Bertz CT molecular complexity index is 408. The lowest BCUT2D eigenvalue weighted by molar-refractivity contribution is 0.342. The largest absolute Gasteiger partial charge is 0.307 e. The first-order valence-corrected chi connectivity index (χ1v) is 6.72. The molecule has 0 amide bonds. The molecule has 2 aromatic rings. The predicted octanol–water partition coefficient (Wildman–Crippen LogP) is 2.15. The fourth-order valence-electron chi connectivity index (χ4n) is 1.68. The third-order valence-corrected chi connectivity index (χ3v) is 3.55. The van der Waals surface area contributed by atoms with Gasteiger partial charge in [0.15, 0.2) is 0 Å². The van der Waals surface area contributed by atoms with Crippen molar-refractivity contribution in [1.29, 1.82) is 0 Å². The molecule has 0 saturated carbocycles. The number of nitrogens with one attached hydrogen (secondary N) is 1. The Morgan fingerprint density at radius 2 is 2.35 bits per heavy atom. The molecule has 2 aromatic heterocycles. The molecule has 2 heterocycles. The smallest absolute Gasteiger partial charge is 0.0794 e. The van der Waals surface area contributed by atoms with Crippen molar-refractivity contribution >= 4 is 11.3 Å². The molecule has 4 nitrogen and oxygen atoms in total. The molecule has 0 spiro atoms. The molecule has 0 fully saturated rings. The summed E-state index contributed by atoms with van der Waals surface area (Å²) in [4.78, 5) is 5.36. The van der Waals surface area contributed by atoms with Gasteiger partial charge in [-0.25, -0.2) is 0 Å². The molecule has 2 rings (SSSR count). The van der Waals surface area contributed by atoms with Crippen LogP contribution in [0.5, 0.6) is 0 Å². The van der Waals surface area contributed by atoms with Crippen LogP contribution in [-0.4, -0.2) is 20.8 Å². The van der Waals surface area contributed by atoms with E-state index in [1.165, 1.54) is 4.88 Å². The third kappa shape index (κ3) is 3.64. The molecule has 92 valence electrons. The van der Waals surface area contributed by atoms with E-state index < -0.39 is 0 Å². The van der Waals surface area contributed by atoms with Gasteiger partial charge < -0.3 is 5.32 Å². The summed E-state index contributed by atoms with van der Waals surface area (Å²) >= 11 is 1.69. The SMILES string of the molecule is CC(C)C(Cn1cccn1)NCc1cncs1. The Morgan fingerprint density at radius 3 is 2.94 bits per heavy atom. The minimum Gasteiger partial charge on any atom is -0.307 e. The second-order valence-corrected chi connectivity index (χ2v) is 5.40. The second-order valence-electron chi connectivity index (χ2n) is 4.43. The van der Waals surface area contributed by atoms with Crippen LogP contribution in [0.15, 0.2) is 30.2 Å². The van der Waals surface area contributed by atoms with Gasteiger partial charge in [-0.1, -0.05) is 13.8 Å². The van der Waals surface area contributed by atoms with Crippen LogP contribution >= 0.6 is 11.3 Å². The van der Waals surface area contributed by atoms with E-state index in [4.69, 9.17) is 0 Å². The number of nitrogens with zero attached hydrogens (tertiary/aromatic N) is 3. The molecule has 0 aliphatic rings. The van der Waals surface area contributed by atoms with Crippen molar-refractivity contribution in [3.8, 4) is 0 Å². The van der Waals surface area contributed by atoms with Gasteiger partial charge in [0, 0.05) is 36.1 Å². The van der Waals surface area contributed by atoms with Gasteiger partial charge >= 0.3 is 0 Å². The quantitative estimate of drug-likeness (QED) is 0.854. The van der Waals surface area contributed by atoms with Gasteiger partial charge in [0.1, 0.15) is 0 Å². The summed E-state index contributed by atoms with van der Waals surface area (Å²) in [7, 11) is 0. The Balaban J connectivity index is 1.89. The van der Waals surface area contributed by atoms with Crippen molar-refractivity contribution in [2.75, 3.05) is 0 Å². The number of hydrogen-bond donors (Lipinski definition) is 1. The van der Waals surface area contributed by atoms with Crippen LogP contribution in [0.25, 0.3) is 0 Å². The molecule has 1 unspecified atom stereocenters. The first-order valence-electron chi connectivity index (χ1n) is 5.84. The first kappa shape index (κ1) is 12.3. The van der Waals surface area contributed by atoms with Crippen LogP contribution in [0.3, 0.4) is 0 Å². The van der Waals surface area contributed by atoms with E-state index >= 15 is 0 Å². The molecule has 0 radical (unpaired) electrons. The van der Waals surface area contributed by atoms with Gasteiger partial charge in [0.05, 0.1) is 12.1 Å². The molecule has 5 heteroatoms. The highest BCUT2D eigenvalue weighted by Gasteiger charge is 2.13. The molecule has 0 aromatic carbocycles. The van der Waals surface area contributed by atoms with Crippen LogP contribution in [0.1, 0.15) is 18.7 Å². The van der Waals surface area contributed by atoms with Gasteiger partial charge in [-0.15, -0.1) is 11.3 Å². The monoisotopic (exact) mass is 250 g/mol. The van der Waals surface area contributed by atoms with E-state index in [9.17, 15) is 0 Å². The fourth-order valence-corrected chi connectivity index (χ4v) is 2.23. The maximum Gasteiger partial charge on any atom is 0.0794 e. The van der Waals surface area contributed by atoms with Crippen LogP contribution in [0.4, 0.5) is 0 Å². The molecule has 0 saturated heterocycles. The summed E-state index contributed by atoms with van der Waals surface area (Å²) in [5.41, 5.74) is 1.87. The van der Waals surface area contributed by atoms with Crippen LogP contribution in [-0.2, 0) is 13.1 Å². The van der Waals surface area contributed by atoms with Crippen molar-refractivity contribution in [2.24, 2.45) is 5.92 Å². The number of rotatable bonds is 6. The van der Waals surface area contributed by atoms with Crippen molar-refractivity contribution in [3.05, 3.63) is 35.0 Å². The van der Waals surface area contributed by atoms with Gasteiger partial charge in [-0.3, -0.25) is 9.67 Å². The number of hydrogen-bond acceptors (Lipinski definition) is 4. The van der Waals surface area contributed by atoms with Crippen LogP contribution in [0.2, 0.25) is 0 Å². The number of thiazole rings is 1. The number of aromatic nitrogens is 3. The lowest BCUT2D eigenvalue weighted by Crippen LogP contribution is -2.37. The maximum absolute atomic E-state index is 4.25. The van der Waals surface area contributed by atoms with E-state index in [0.29, 0.717) is 12.0 Å². The summed E-state index contributed by atoms with van der Waals surface area (Å²) in [6, 6.07) is 2.39. The standard InChI is InChI=1S/C12H18N4S/c1-10(2)12(8-16-5-3-4-15-16)14-7-11-6-13-9-17-11/h3-6,9-10,12,14H,7-8H2,1-2H3. The van der Waals surface area contributed by atoms with Gasteiger partial charge in [0.25, 0.3) is 0 Å². The summed E-state index contributed by atoms with van der Waals surface area (Å²) in [5.74, 6) is 0.576. The molecule has 1 atom stereocenters. The van der Waals surface area contributed by atoms with Gasteiger partial charge in [-0.05, 0) is 12.0 Å². The summed E-state index contributed by atoms with van der Waals surface area (Å²) < 4.78 is 1.98. The summed E-state index contributed by atoms with van der Waals surface area (Å²) in [6.07, 6.45) is 5.74. The molecule has 17 heavy (non-hydrogen) atoms. The Morgan fingerprint density at radius 1 is 1.47 bits per heavy atom. The zero-order valence-electron chi connectivity index (χ0n) is 10.2. The van der Waals surface area contributed by atoms with Crippen LogP contribution < -0.4 is 5.32 Å². The molecule has 0 bridgehead atoms.